The monoisotopic (exact) mass is 225 g/mol. The van der Waals surface area contributed by atoms with E-state index in [2.05, 4.69) is 27.4 Å². The normalized spacial score (nSPS) is 9.24. The molecule has 0 atom stereocenters. The third kappa shape index (κ3) is 2.73. The van der Waals surface area contributed by atoms with Gasteiger partial charge in [0.05, 0.1) is 5.69 Å². The van der Waals surface area contributed by atoms with E-state index in [4.69, 9.17) is 0 Å². The molecule has 0 radical (unpaired) electrons. The second-order valence-corrected chi connectivity index (χ2v) is 3.38. The van der Waals surface area contributed by atoms with Gasteiger partial charge in [0.2, 0.25) is 0 Å². The van der Waals surface area contributed by atoms with Gasteiger partial charge >= 0.3 is 0 Å². The summed E-state index contributed by atoms with van der Waals surface area (Å²) in [5, 5.41) is 9.43. The molecule has 0 bridgehead atoms. The average molecular weight is 225 g/mol. The van der Waals surface area contributed by atoms with E-state index in [1.165, 1.54) is 0 Å². The highest BCUT2D eigenvalue weighted by molar-refractivity contribution is 6.03. The lowest BCUT2D eigenvalue weighted by Gasteiger charge is -2.02. The number of carbonyl (C=O) groups is 1. The SMILES string of the molecule is CC#CC(=O)Nc1ccc(-c2ccn[nH]2)cc1. The summed E-state index contributed by atoms with van der Waals surface area (Å²) in [4.78, 5) is 11.2. The van der Waals surface area contributed by atoms with Crippen LogP contribution in [0.25, 0.3) is 11.3 Å². The minimum absolute atomic E-state index is 0.304. The number of carbonyl (C=O) groups excluding carboxylic acids is 1. The molecule has 1 aromatic heterocycles. The van der Waals surface area contributed by atoms with Crippen LogP contribution >= 0.6 is 0 Å². The molecule has 2 N–H and O–H groups in total. The molecule has 0 aliphatic carbocycles. The van der Waals surface area contributed by atoms with Gasteiger partial charge in [-0.05, 0) is 36.6 Å². The Kier molecular flexibility index (Phi) is 3.22. The molecule has 1 aromatic carbocycles. The molecule has 1 heterocycles. The van der Waals surface area contributed by atoms with Crippen molar-refractivity contribution in [1.82, 2.24) is 10.2 Å². The molecule has 4 heteroatoms. The summed E-state index contributed by atoms with van der Waals surface area (Å²) in [6.45, 7) is 1.63. The molecule has 0 aliphatic rings. The molecule has 2 rings (SSSR count). The fourth-order valence-corrected chi connectivity index (χ4v) is 1.43. The maximum atomic E-state index is 11.2. The van der Waals surface area contributed by atoms with Crippen molar-refractivity contribution in [3.63, 3.8) is 0 Å². The molecule has 2 aromatic rings. The minimum atomic E-state index is -0.304. The van der Waals surface area contributed by atoms with E-state index in [-0.39, 0.29) is 5.91 Å². The lowest BCUT2D eigenvalue weighted by atomic mass is 10.1. The van der Waals surface area contributed by atoms with Crippen LogP contribution in [-0.2, 0) is 4.79 Å². The molecule has 0 aliphatic heterocycles. The summed E-state index contributed by atoms with van der Waals surface area (Å²) < 4.78 is 0. The molecule has 0 spiro atoms. The van der Waals surface area contributed by atoms with Gasteiger partial charge in [0.15, 0.2) is 0 Å². The number of H-pyrrole nitrogens is 1. The highest BCUT2D eigenvalue weighted by Crippen LogP contribution is 2.18. The van der Waals surface area contributed by atoms with E-state index in [9.17, 15) is 4.79 Å². The average Bonchev–Trinajstić information content (AvgIpc) is 2.84. The Bertz CT molecular complexity index is 559. The number of aromatic amines is 1. The Morgan fingerprint density at radius 1 is 1.29 bits per heavy atom. The number of hydrogen-bond donors (Lipinski definition) is 2. The number of hydrogen-bond acceptors (Lipinski definition) is 2. The van der Waals surface area contributed by atoms with Gasteiger partial charge in [0, 0.05) is 11.9 Å². The molecule has 0 saturated carbocycles. The molecule has 17 heavy (non-hydrogen) atoms. The summed E-state index contributed by atoms with van der Waals surface area (Å²) in [5.41, 5.74) is 2.68. The van der Waals surface area contributed by atoms with Crippen LogP contribution in [0.2, 0.25) is 0 Å². The first-order valence-electron chi connectivity index (χ1n) is 5.13. The van der Waals surface area contributed by atoms with Crippen LogP contribution in [0.4, 0.5) is 5.69 Å². The highest BCUT2D eigenvalue weighted by atomic mass is 16.1. The fourth-order valence-electron chi connectivity index (χ4n) is 1.43. The van der Waals surface area contributed by atoms with Crippen molar-refractivity contribution in [1.29, 1.82) is 0 Å². The lowest BCUT2D eigenvalue weighted by Crippen LogP contribution is -2.07. The van der Waals surface area contributed by atoms with Gasteiger partial charge in [0.1, 0.15) is 0 Å². The Labute approximate surface area is 99.1 Å². The Balaban J connectivity index is 2.13. The van der Waals surface area contributed by atoms with Gasteiger partial charge in [0.25, 0.3) is 5.91 Å². The largest absolute Gasteiger partial charge is 0.315 e. The Morgan fingerprint density at radius 2 is 2.06 bits per heavy atom. The maximum Gasteiger partial charge on any atom is 0.300 e. The number of anilines is 1. The van der Waals surface area contributed by atoms with Crippen LogP contribution in [0.5, 0.6) is 0 Å². The number of aromatic nitrogens is 2. The second kappa shape index (κ2) is 4.99. The lowest BCUT2D eigenvalue weighted by molar-refractivity contribution is -0.111. The van der Waals surface area contributed by atoms with Crippen LogP contribution < -0.4 is 5.32 Å². The predicted octanol–water partition coefficient (Wildman–Crippen LogP) is 2.04. The first-order chi connectivity index (χ1) is 8.29. The smallest absolute Gasteiger partial charge is 0.300 e. The molecule has 0 unspecified atom stereocenters. The van der Waals surface area contributed by atoms with Gasteiger partial charge < -0.3 is 5.32 Å². The second-order valence-electron chi connectivity index (χ2n) is 3.38. The van der Waals surface area contributed by atoms with Gasteiger partial charge in [-0.1, -0.05) is 18.1 Å². The summed E-state index contributed by atoms with van der Waals surface area (Å²) in [5.74, 6) is 4.66. The standard InChI is InChI=1S/C13H11N3O/c1-2-3-13(17)15-11-6-4-10(5-7-11)12-8-9-14-16-12/h4-9H,1H3,(H,14,16)(H,15,17). The highest BCUT2D eigenvalue weighted by Gasteiger charge is 2.00. The number of nitrogens with zero attached hydrogens (tertiary/aromatic N) is 1. The van der Waals surface area contributed by atoms with Crippen LogP contribution in [0.3, 0.4) is 0 Å². The summed E-state index contributed by atoms with van der Waals surface area (Å²) in [6, 6.07) is 9.35. The first kappa shape index (κ1) is 11.0. The zero-order valence-corrected chi connectivity index (χ0v) is 9.32. The zero-order chi connectivity index (χ0) is 12.1. The van der Waals surface area contributed by atoms with Crippen LogP contribution in [-0.4, -0.2) is 16.1 Å². The van der Waals surface area contributed by atoms with Gasteiger partial charge in [-0.15, -0.1) is 0 Å². The van der Waals surface area contributed by atoms with Crippen LogP contribution in [0.15, 0.2) is 36.5 Å². The molecule has 84 valence electrons. The van der Waals surface area contributed by atoms with E-state index in [0.717, 1.165) is 16.9 Å². The molecule has 0 saturated heterocycles. The molecule has 1 amide bonds. The summed E-state index contributed by atoms with van der Waals surface area (Å²) in [7, 11) is 0. The maximum absolute atomic E-state index is 11.2. The van der Waals surface area contributed by atoms with E-state index in [1.54, 1.807) is 13.1 Å². The quantitative estimate of drug-likeness (QED) is 0.768. The third-order valence-electron chi connectivity index (χ3n) is 2.19. The molecule has 4 nitrogen and oxygen atoms in total. The van der Waals surface area contributed by atoms with Crippen molar-refractivity contribution >= 4 is 11.6 Å². The van der Waals surface area contributed by atoms with Crippen molar-refractivity contribution in [2.24, 2.45) is 0 Å². The first-order valence-corrected chi connectivity index (χ1v) is 5.13. The van der Waals surface area contributed by atoms with Crippen molar-refractivity contribution < 1.29 is 4.79 Å². The number of benzene rings is 1. The number of rotatable bonds is 2. The summed E-state index contributed by atoms with van der Waals surface area (Å²) >= 11 is 0. The van der Waals surface area contributed by atoms with Gasteiger partial charge in [-0.2, -0.15) is 5.10 Å². The van der Waals surface area contributed by atoms with Gasteiger partial charge in [-0.3, -0.25) is 9.89 Å². The fraction of sp³-hybridized carbons (Fsp3) is 0.0769. The van der Waals surface area contributed by atoms with E-state index in [1.807, 2.05) is 30.3 Å². The zero-order valence-electron chi connectivity index (χ0n) is 9.32. The van der Waals surface area contributed by atoms with E-state index in [0.29, 0.717) is 0 Å². The van der Waals surface area contributed by atoms with Crippen molar-refractivity contribution in [3.8, 4) is 23.1 Å². The van der Waals surface area contributed by atoms with Gasteiger partial charge in [-0.25, -0.2) is 0 Å². The van der Waals surface area contributed by atoms with E-state index < -0.39 is 0 Å². The number of amides is 1. The van der Waals surface area contributed by atoms with Crippen molar-refractivity contribution in [2.45, 2.75) is 6.92 Å². The molecular formula is C13H11N3O. The van der Waals surface area contributed by atoms with E-state index >= 15 is 0 Å². The predicted molar refractivity (Wildman–Crippen MR) is 66.1 cm³/mol. The third-order valence-corrected chi connectivity index (χ3v) is 2.19. The van der Waals surface area contributed by atoms with Crippen LogP contribution in [0.1, 0.15) is 6.92 Å². The van der Waals surface area contributed by atoms with Crippen molar-refractivity contribution in [3.05, 3.63) is 36.5 Å². The topological polar surface area (TPSA) is 57.8 Å². The summed E-state index contributed by atoms with van der Waals surface area (Å²) in [6.07, 6.45) is 1.70. The molecule has 0 fully saturated rings. The van der Waals surface area contributed by atoms with Crippen LogP contribution in [0, 0.1) is 11.8 Å². The number of nitrogens with one attached hydrogen (secondary N) is 2. The van der Waals surface area contributed by atoms with Crippen molar-refractivity contribution in [2.75, 3.05) is 5.32 Å². The minimum Gasteiger partial charge on any atom is -0.315 e. The Hall–Kier alpha value is -2.54. The molecular weight excluding hydrogens is 214 g/mol. The Morgan fingerprint density at radius 3 is 2.65 bits per heavy atom.